The van der Waals surface area contributed by atoms with E-state index in [4.69, 9.17) is 11.6 Å². The van der Waals surface area contributed by atoms with Crippen molar-refractivity contribution in [3.63, 3.8) is 0 Å². The van der Waals surface area contributed by atoms with Gasteiger partial charge in [-0.3, -0.25) is 4.79 Å². The van der Waals surface area contributed by atoms with E-state index in [0.717, 1.165) is 30.8 Å². The van der Waals surface area contributed by atoms with Gasteiger partial charge in [0.2, 0.25) is 5.91 Å². The van der Waals surface area contributed by atoms with Crippen LogP contribution in [0.25, 0.3) is 0 Å². The highest BCUT2D eigenvalue weighted by Gasteiger charge is 2.33. The van der Waals surface area contributed by atoms with E-state index in [-0.39, 0.29) is 17.4 Å². The Morgan fingerprint density at radius 1 is 1.38 bits per heavy atom. The third-order valence-corrected chi connectivity index (χ3v) is 3.78. The molecule has 1 aromatic heterocycles. The molecule has 1 amide bonds. The van der Waals surface area contributed by atoms with Crippen LogP contribution in [-0.4, -0.2) is 28.5 Å². The number of rotatable bonds is 3. The number of hydrogen-bond donors (Lipinski definition) is 3. The molecule has 0 aromatic carbocycles. The molecule has 0 spiro atoms. The fraction of sp³-hybridized carbons (Fsp3) is 0.643. The zero-order chi connectivity index (χ0) is 15.8. The summed E-state index contributed by atoms with van der Waals surface area (Å²) in [6, 6.07) is -0.308. The second-order valence-electron chi connectivity index (χ2n) is 6.49. The Labute approximate surface area is 125 Å². The molecule has 1 fully saturated rings. The summed E-state index contributed by atoms with van der Waals surface area (Å²) in [6.07, 6.45) is 1.68. The second-order valence-corrected chi connectivity index (χ2v) is 6.49. The van der Waals surface area contributed by atoms with Gasteiger partial charge in [0.05, 0.1) is 0 Å². The van der Waals surface area contributed by atoms with Crippen molar-refractivity contribution < 1.29 is 4.79 Å². The number of hydrogen-bond acceptors (Lipinski definition) is 6. The topological polar surface area (TPSA) is 110 Å². The van der Waals surface area contributed by atoms with E-state index in [2.05, 4.69) is 15.4 Å². The van der Waals surface area contributed by atoms with Crippen molar-refractivity contribution in [2.75, 3.05) is 16.9 Å². The quantitative estimate of drug-likeness (QED) is 0.562. The number of nitrogens with zero attached hydrogens (tertiary/aromatic N) is 3. The van der Waals surface area contributed by atoms with Gasteiger partial charge in [0, 0.05) is 17.5 Å². The first-order valence-corrected chi connectivity index (χ1v) is 7.17. The number of anilines is 2. The van der Waals surface area contributed by atoms with Crippen molar-refractivity contribution >= 4 is 17.5 Å². The molecule has 1 aromatic rings. The number of carbonyl (C=O) groups is 1. The van der Waals surface area contributed by atoms with Gasteiger partial charge in [-0.05, 0) is 19.8 Å². The molecule has 21 heavy (non-hydrogen) atoms. The van der Waals surface area contributed by atoms with Crippen molar-refractivity contribution in [1.29, 1.82) is 0 Å². The molecule has 1 unspecified atom stereocenters. The lowest BCUT2D eigenvalue weighted by Crippen LogP contribution is -2.41. The fourth-order valence-electron chi connectivity index (χ4n) is 2.58. The zero-order valence-electron chi connectivity index (χ0n) is 13.1. The molecule has 1 aliphatic rings. The van der Waals surface area contributed by atoms with Gasteiger partial charge < -0.3 is 16.1 Å². The highest BCUT2D eigenvalue weighted by Crippen LogP contribution is 2.32. The Hall–Kier alpha value is -1.89. The number of amides is 1. The SMILES string of the molecule is Cc1c(NN)nc(C(C)(C)C)nc1N1CCCC1C(N)=O. The minimum atomic E-state index is -0.315. The summed E-state index contributed by atoms with van der Waals surface area (Å²) in [4.78, 5) is 22.7. The lowest BCUT2D eigenvalue weighted by molar-refractivity contribution is -0.119. The van der Waals surface area contributed by atoms with Crippen LogP contribution in [0.15, 0.2) is 0 Å². The molecule has 0 aliphatic carbocycles. The lowest BCUT2D eigenvalue weighted by Gasteiger charge is -2.28. The van der Waals surface area contributed by atoms with Crippen LogP contribution in [0.4, 0.5) is 11.6 Å². The lowest BCUT2D eigenvalue weighted by atomic mass is 9.95. The minimum absolute atomic E-state index is 0.212. The molecule has 1 aliphatic heterocycles. The fourth-order valence-corrected chi connectivity index (χ4v) is 2.58. The maximum atomic E-state index is 11.6. The third kappa shape index (κ3) is 2.92. The van der Waals surface area contributed by atoms with Gasteiger partial charge in [-0.25, -0.2) is 15.8 Å². The summed E-state index contributed by atoms with van der Waals surface area (Å²) in [5.41, 5.74) is 8.75. The van der Waals surface area contributed by atoms with Crippen molar-refractivity contribution in [3.8, 4) is 0 Å². The molecule has 2 rings (SSSR count). The van der Waals surface area contributed by atoms with E-state index < -0.39 is 0 Å². The average Bonchev–Trinajstić information content (AvgIpc) is 2.86. The van der Waals surface area contributed by atoms with Crippen LogP contribution >= 0.6 is 0 Å². The number of primary amides is 1. The van der Waals surface area contributed by atoms with E-state index in [0.29, 0.717) is 11.6 Å². The van der Waals surface area contributed by atoms with Gasteiger partial charge in [0.1, 0.15) is 23.5 Å². The molecular weight excluding hydrogens is 268 g/mol. The molecular formula is C14H24N6O. The first-order valence-electron chi connectivity index (χ1n) is 7.17. The summed E-state index contributed by atoms with van der Waals surface area (Å²) >= 11 is 0. The van der Waals surface area contributed by atoms with Gasteiger partial charge in [0.25, 0.3) is 0 Å². The van der Waals surface area contributed by atoms with Crippen LogP contribution in [0.2, 0.25) is 0 Å². The molecule has 0 saturated carbocycles. The van der Waals surface area contributed by atoms with Crippen LogP contribution in [0.1, 0.15) is 45.0 Å². The van der Waals surface area contributed by atoms with E-state index in [9.17, 15) is 4.79 Å². The summed E-state index contributed by atoms with van der Waals surface area (Å²) < 4.78 is 0. The number of nitrogens with two attached hydrogens (primary N) is 2. The molecule has 0 bridgehead atoms. The van der Waals surface area contributed by atoms with Crippen LogP contribution in [0.3, 0.4) is 0 Å². The zero-order valence-corrected chi connectivity index (χ0v) is 13.1. The number of aromatic nitrogens is 2. The highest BCUT2D eigenvalue weighted by molar-refractivity contribution is 5.84. The van der Waals surface area contributed by atoms with E-state index >= 15 is 0 Å². The molecule has 0 radical (unpaired) electrons. The molecule has 2 heterocycles. The van der Waals surface area contributed by atoms with E-state index in [1.807, 2.05) is 32.6 Å². The number of nitrogen functional groups attached to an aromatic ring is 1. The summed E-state index contributed by atoms with van der Waals surface area (Å²) in [6.45, 7) is 8.78. The van der Waals surface area contributed by atoms with Crippen molar-refractivity contribution in [1.82, 2.24) is 9.97 Å². The van der Waals surface area contributed by atoms with Crippen LogP contribution in [-0.2, 0) is 10.2 Å². The maximum Gasteiger partial charge on any atom is 0.240 e. The number of nitrogens with one attached hydrogen (secondary N) is 1. The van der Waals surface area contributed by atoms with Crippen molar-refractivity contribution in [2.24, 2.45) is 11.6 Å². The highest BCUT2D eigenvalue weighted by atomic mass is 16.1. The van der Waals surface area contributed by atoms with Crippen molar-refractivity contribution in [3.05, 3.63) is 11.4 Å². The van der Waals surface area contributed by atoms with Crippen molar-refractivity contribution in [2.45, 2.75) is 52.0 Å². The molecule has 1 saturated heterocycles. The monoisotopic (exact) mass is 292 g/mol. The Bertz CT molecular complexity index is 551. The van der Waals surface area contributed by atoms with Gasteiger partial charge in [-0.2, -0.15) is 0 Å². The average molecular weight is 292 g/mol. The van der Waals surface area contributed by atoms with Gasteiger partial charge in [-0.1, -0.05) is 20.8 Å². The second kappa shape index (κ2) is 5.48. The van der Waals surface area contributed by atoms with Crippen LogP contribution in [0.5, 0.6) is 0 Å². The Kier molecular flexibility index (Phi) is 4.04. The summed E-state index contributed by atoms with van der Waals surface area (Å²) in [5, 5.41) is 0. The smallest absolute Gasteiger partial charge is 0.240 e. The van der Waals surface area contributed by atoms with Gasteiger partial charge >= 0.3 is 0 Å². The van der Waals surface area contributed by atoms with Gasteiger partial charge in [0.15, 0.2) is 0 Å². The molecule has 7 heteroatoms. The first kappa shape index (κ1) is 15.5. The molecule has 7 nitrogen and oxygen atoms in total. The first-order chi connectivity index (χ1) is 9.75. The predicted molar refractivity (Wildman–Crippen MR) is 82.8 cm³/mol. The van der Waals surface area contributed by atoms with Crippen LogP contribution < -0.4 is 21.9 Å². The maximum absolute atomic E-state index is 11.6. The molecule has 116 valence electrons. The Balaban J connectivity index is 2.54. The summed E-state index contributed by atoms with van der Waals surface area (Å²) in [5.74, 6) is 7.27. The van der Waals surface area contributed by atoms with Gasteiger partial charge in [-0.15, -0.1) is 0 Å². The Morgan fingerprint density at radius 3 is 2.57 bits per heavy atom. The number of carbonyl (C=O) groups excluding carboxylic acids is 1. The minimum Gasteiger partial charge on any atom is -0.368 e. The number of hydrazine groups is 1. The largest absolute Gasteiger partial charge is 0.368 e. The normalized spacial score (nSPS) is 18.9. The standard InChI is InChI=1S/C14H24N6O/c1-8-11(19-16)17-13(14(2,3)4)18-12(8)20-7-5-6-9(20)10(15)21/h9H,5-7,16H2,1-4H3,(H2,15,21)(H,17,18,19). The third-order valence-electron chi connectivity index (χ3n) is 3.78. The van der Waals surface area contributed by atoms with E-state index in [1.165, 1.54) is 0 Å². The van der Waals surface area contributed by atoms with Crippen LogP contribution in [0, 0.1) is 6.92 Å². The molecule has 1 atom stereocenters. The molecule has 5 N–H and O–H groups in total. The predicted octanol–water partition coefficient (Wildman–Crippen LogP) is 0.822. The summed E-state index contributed by atoms with van der Waals surface area (Å²) in [7, 11) is 0. The Morgan fingerprint density at radius 2 is 2.05 bits per heavy atom. The van der Waals surface area contributed by atoms with E-state index in [1.54, 1.807) is 0 Å².